The zero-order valence-electron chi connectivity index (χ0n) is 37.2. The summed E-state index contributed by atoms with van der Waals surface area (Å²) >= 11 is 0. The maximum Gasteiger partial charge on any atom is 0.0645 e. The molecule has 0 aliphatic carbocycles. The molecular weight excluding hydrogens is 653 g/mol. The Kier molecular flexibility index (Phi) is 6.84. The lowest BCUT2D eigenvalue weighted by molar-refractivity contribution is 1.28. The van der Waals surface area contributed by atoms with E-state index in [0.29, 0.717) is 16.9 Å². The molecule has 9 rings (SSSR count). The monoisotopic (exact) mass is 698 g/mol. The first-order chi connectivity index (χ1) is 30.1. The van der Waals surface area contributed by atoms with Gasteiger partial charge in [0.2, 0.25) is 0 Å². The zero-order valence-corrected chi connectivity index (χ0v) is 29.2. The largest absolute Gasteiger partial charge is 0.311 e. The van der Waals surface area contributed by atoms with E-state index in [2.05, 4.69) is 29.2 Å². The number of benzene rings is 9. The number of rotatable bonds is 9. The van der Waals surface area contributed by atoms with Crippen molar-refractivity contribution in [3.8, 4) is 33.4 Å². The maximum absolute atomic E-state index is 9.37. The molecule has 0 spiro atoms. The first-order valence-corrected chi connectivity index (χ1v) is 17.8. The van der Waals surface area contributed by atoms with Crippen molar-refractivity contribution in [3.05, 3.63) is 230 Å². The summed E-state index contributed by atoms with van der Waals surface area (Å²) in [6.07, 6.45) is 0. The first kappa shape index (κ1) is 24.9. The smallest absolute Gasteiger partial charge is 0.0645 e. The van der Waals surface area contributed by atoms with Gasteiger partial charge in [0, 0.05) is 34.1 Å². The summed E-state index contributed by atoms with van der Waals surface area (Å²) in [6, 6.07) is 54.9. The summed E-state index contributed by atoms with van der Waals surface area (Å²) in [6.45, 7) is 0. The minimum absolute atomic E-state index is 0.0140. The molecule has 0 fully saturated rings. The highest BCUT2D eigenvalue weighted by atomic mass is 15.1. The average molecular weight is 699 g/mol. The van der Waals surface area contributed by atoms with Gasteiger partial charge in [-0.05, 0) is 117 Å². The van der Waals surface area contributed by atoms with Crippen molar-refractivity contribution in [2.45, 2.75) is 0 Å². The fourth-order valence-electron chi connectivity index (χ4n) is 6.75. The van der Waals surface area contributed by atoms with Crippen LogP contribution in [0.15, 0.2) is 230 Å². The third-order valence-corrected chi connectivity index (χ3v) is 9.39. The third kappa shape index (κ3) is 6.65. The van der Waals surface area contributed by atoms with E-state index in [1.54, 1.807) is 17.0 Å². The first-order valence-electron chi connectivity index (χ1n) is 21.8. The van der Waals surface area contributed by atoms with Crippen LogP contribution in [0.4, 0.5) is 34.1 Å². The Morgan fingerprint density at radius 3 is 1.15 bits per heavy atom. The molecule has 54 heavy (non-hydrogen) atoms. The summed E-state index contributed by atoms with van der Waals surface area (Å²) in [5.74, 6) is 0. The fraction of sp³-hybridized carbons (Fsp3) is 0. The zero-order chi connectivity index (χ0) is 43.1. The van der Waals surface area contributed by atoms with Gasteiger partial charge in [-0.3, -0.25) is 0 Å². The number of hydrogen-bond donors (Lipinski definition) is 0. The molecule has 2 heteroatoms. The minimum atomic E-state index is -0.478. The highest BCUT2D eigenvalue weighted by Crippen LogP contribution is 2.39. The van der Waals surface area contributed by atoms with Gasteiger partial charge in [0.15, 0.2) is 0 Å². The van der Waals surface area contributed by atoms with Crippen molar-refractivity contribution < 1.29 is 11.0 Å². The van der Waals surface area contributed by atoms with Crippen molar-refractivity contribution >= 4 is 44.9 Å². The molecule has 9 aromatic rings. The molecule has 0 unspecified atom stereocenters. The average Bonchev–Trinajstić information content (AvgIpc) is 3.32. The normalized spacial score (nSPS) is 13.0. The van der Waals surface area contributed by atoms with Crippen molar-refractivity contribution in [1.29, 1.82) is 0 Å². The molecule has 9 aromatic carbocycles. The van der Waals surface area contributed by atoms with Gasteiger partial charge in [-0.2, -0.15) is 0 Å². The lowest BCUT2D eigenvalue weighted by Gasteiger charge is -2.26. The van der Waals surface area contributed by atoms with Crippen molar-refractivity contribution in [2.24, 2.45) is 0 Å². The van der Waals surface area contributed by atoms with Crippen LogP contribution in [-0.4, -0.2) is 0 Å². The van der Waals surface area contributed by atoms with E-state index >= 15 is 0 Å². The highest BCUT2D eigenvalue weighted by Gasteiger charge is 2.15. The van der Waals surface area contributed by atoms with Gasteiger partial charge in [-0.15, -0.1) is 0 Å². The molecular formula is C52H38N2. The predicted octanol–water partition coefficient (Wildman–Crippen LogP) is 14.8. The summed E-state index contributed by atoms with van der Waals surface area (Å²) in [5.41, 5.74) is 5.84. The molecule has 0 saturated carbocycles. The molecule has 0 N–H and O–H groups in total. The van der Waals surface area contributed by atoms with Crippen LogP contribution in [0.1, 0.15) is 11.0 Å². The van der Waals surface area contributed by atoms with Crippen LogP contribution in [0.2, 0.25) is 0 Å². The van der Waals surface area contributed by atoms with Crippen LogP contribution < -0.4 is 9.80 Å². The molecule has 0 aliphatic rings. The Balaban J connectivity index is 1.12. The van der Waals surface area contributed by atoms with E-state index in [9.17, 15) is 8.22 Å². The lowest BCUT2D eigenvalue weighted by atomic mass is 9.98. The van der Waals surface area contributed by atoms with Gasteiger partial charge in [0.1, 0.15) is 0 Å². The molecule has 0 heterocycles. The summed E-state index contributed by atoms with van der Waals surface area (Å²) < 4.78 is 74.0. The van der Waals surface area contributed by atoms with Crippen molar-refractivity contribution in [3.63, 3.8) is 0 Å². The molecule has 0 aromatic heterocycles. The van der Waals surface area contributed by atoms with Crippen LogP contribution in [-0.2, 0) is 0 Å². The van der Waals surface area contributed by atoms with Crippen LogP contribution in [0.5, 0.6) is 0 Å². The van der Waals surface area contributed by atoms with Crippen molar-refractivity contribution in [1.82, 2.24) is 0 Å². The van der Waals surface area contributed by atoms with Gasteiger partial charge < -0.3 is 9.80 Å². The van der Waals surface area contributed by atoms with Crippen LogP contribution in [0.3, 0.4) is 0 Å². The Morgan fingerprint density at radius 1 is 0.259 bits per heavy atom. The number of para-hydroxylation sites is 3. The van der Waals surface area contributed by atoms with Gasteiger partial charge in [-0.1, -0.05) is 158 Å². The molecule has 0 radical (unpaired) electrons. The Morgan fingerprint density at radius 2 is 0.630 bits per heavy atom. The maximum atomic E-state index is 9.37. The highest BCUT2D eigenvalue weighted by molar-refractivity contribution is 5.97. The number of fused-ring (bicyclic) bond motifs is 1. The van der Waals surface area contributed by atoms with Crippen LogP contribution in [0, 0.1) is 0 Å². The van der Waals surface area contributed by atoms with Gasteiger partial charge in [0.25, 0.3) is 0 Å². The molecule has 0 bridgehead atoms. The van der Waals surface area contributed by atoms with Crippen LogP contribution in [0.25, 0.3) is 44.2 Å². The fourth-order valence-corrected chi connectivity index (χ4v) is 6.75. The Hall–Kier alpha value is -7.16. The lowest BCUT2D eigenvalue weighted by Crippen LogP contribution is -2.09. The minimum Gasteiger partial charge on any atom is -0.311 e. The molecule has 2 nitrogen and oxygen atoms in total. The molecule has 256 valence electrons. The van der Waals surface area contributed by atoms with E-state index in [1.165, 1.54) is 0 Å². The summed E-state index contributed by atoms with van der Waals surface area (Å²) in [5, 5.41) is 2.22. The Bertz CT molecular complexity index is 2990. The quantitative estimate of drug-likeness (QED) is 0.148. The van der Waals surface area contributed by atoms with E-state index in [-0.39, 0.29) is 46.5 Å². The third-order valence-electron chi connectivity index (χ3n) is 9.39. The molecule has 0 atom stereocenters. The standard InChI is InChI=1S/C52H38N2/c1-4-15-45(16-5-1)53(46-17-6-2-7-18-46)48-33-27-41(28-34-48)39-23-25-40(26-24-39)42-29-35-49(36-30-42)54(47-19-8-3-9-20-47)50-37-31-44(32-38-50)52-22-12-14-43-13-10-11-21-51(43)52/h1-38H/i23D,24D,25D,26D,29D,30D,35D,36D. The van der Waals surface area contributed by atoms with E-state index in [0.717, 1.165) is 39.0 Å². The predicted molar refractivity (Wildman–Crippen MR) is 230 cm³/mol. The van der Waals surface area contributed by atoms with Crippen molar-refractivity contribution in [2.75, 3.05) is 9.80 Å². The summed E-state index contributed by atoms with van der Waals surface area (Å²) in [4.78, 5) is 3.75. The van der Waals surface area contributed by atoms with Gasteiger partial charge >= 0.3 is 0 Å². The Labute approximate surface area is 328 Å². The van der Waals surface area contributed by atoms with E-state index in [1.807, 2.05) is 146 Å². The molecule has 0 amide bonds. The van der Waals surface area contributed by atoms with Gasteiger partial charge in [0.05, 0.1) is 11.0 Å². The van der Waals surface area contributed by atoms with E-state index in [4.69, 9.17) is 2.74 Å². The van der Waals surface area contributed by atoms with E-state index < -0.39 is 24.2 Å². The van der Waals surface area contributed by atoms with Crippen LogP contribution >= 0.6 is 0 Å². The second kappa shape index (κ2) is 14.8. The molecule has 0 aliphatic heterocycles. The number of anilines is 6. The number of nitrogens with zero attached hydrogens (tertiary/aromatic N) is 2. The summed E-state index contributed by atoms with van der Waals surface area (Å²) in [7, 11) is 0. The SMILES string of the molecule is [2H]c1c([2H])c(-c2c([2H])c([2H])c(N(c3ccccc3)c3ccc(-c4cccc5ccccc45)cc3)c([2H])c2[2H])c([2H])c([2H])c1-c1ccc(N(c2ccccc2)c2ccccc2)cc1. The van der Waals surface area contributed by atoms with Gasteiger partial charge in [-0.25, -0.2) is 0 Å². The second-order valence-electron chi connectivity index (χ2n) is 12.8. The second-order valence-corrected chi connectivity index (χ2v) is 12.8. The topological polar surface area (TPSA) is 6.48 Å². The number of hydrogen-bond acceptors (Lipinski definition) is 2. The molecule has 0 saturated heterocycles.